The molecule has 0 saturated heterocycles. The molecule has 0 radical (unpaired) electrons. The second kappa shape index (κ2) is 11.6. The van der Waals surface area contributed by atoms with Crippen LogP contribution in [0.2, 0.25) is 0 Å². The van der Waals surface area contributed by atoms with Gasteiger partial charge in [0.1, 0.15) is 10.8 Å². The van der Waals surface area contributed by atoms with Crippen LogP contribution in [0.4, 0.5) is 10.5 Å². The molecular weight excluding hydrogens is 472 g/mol. The number of hydrogen-bond donors (Lipinski definition) is 1. The SMILES string of the molecule is COC(=O)/N=C(SC)/C(=N/c1ccc(-c2noc(C)n2)cc1)c1cc(OC)c(OC)c(C(C)O)c1. The van der Waals surface area contributed by atoms with Crippen molar-refractivity contribution in [3.63, 3.8) is 0 Å². The maximum absolute atomic E-state index is 12.0. The first-order chi connectivity index (χ1) is 16.8. The molecule has 1 N–H and O–H groups in total. The van der Waals surface area contributed by atoms with Gasteiger partial charge in [-0.15, -0.1) is 11.8 Å². The van der Waals surface area contributed by atoms with Crippen LogP contribution in [-0.2, 0) is 4.74 Å². The lowest BCUT2D eigenvalue weighted by Crippen LogP contribution is -2.15. The number of carbonyl (C=O) groups excluding carboxylic acids is 1. The van der Waals surface area contributed by atoms with Crippen molar-refractivity contribution in [1.29, 1.82) is 0 Å². The number of aliphatic hydroxyl groups excluding tert-OH is 1. The van der Waals surface area contributed by atoms with Crippen LogP contribution in [0.3, 0.4) is 0 Å². The largest absolute Gasteiger partial charge is 0.493 e. The minimum atomic E-state index is -0.854. The van der Waals surface area contributed by atoms with Crippen molar-refractivity contribution in [3.8, 4) is 22.9 Å². The molecule has 184 valence electrons. The summed E-state index contributed by atoms with van der Waals surface area (Å²) < 4.78 is 20.7. The molecule has 3 aromatic rings. The highest BCUT2D eigenvalue weighted by Crippen LogP contribution is 2.37. The lowest BCUT2D eigenvalue weighted by Gasteiger charge is -2.18. The Bertz CT molecular complexity index is 1250. The number of benzene rings is 2. The zero-order valence-corrected chi connectivity index (χ0v) is 21.0. The van der Waals surface area contributed by atoms with E-state index >= 15 is 0 Å². The van der Waals surface area contributed by atoms with E-state index in [-0.39, 0.29) is 0 Å². The van der Waals surface area contributed by atoms with Gasteiger partial charge in [-0.2, -0.15) is 9.98 Å². The van der Waals surface area contributed by atoms with Gasteiger partial charge in [-0.25, -0.2) is 9.79 Å². The van der Waals surface area contributed by atoms with Gasteiger partial charge in [0, 0.05) is 23.6 Å². The smallest absolute Gasteiger partial charge is 0.434 e. The van der Waals surface area contributed by atoms with Crippen molar-refractivity contribution < 1.29 is 28.6 Å². The molecule has 35 heavy (non-hydrogen) atoms. The molecule has 1 heterocycles. The van der Waals surface area contributed by atoms with Crippen molar-refractivity contribution in [3.05, 3.63) is 53.4 Å². The van der Waals surface area contributed by atoms with Crippen LogP contribution in [0.15, 0.2) is 50.9 Å². The van der Waals surface area contributed by atoms with Crippen molar-refractivity contribution in [2.75, 3.05) is 27.6 Å². The molecule has 0 aliphatic carbocycles. The number of aliphatic imine (C=N–C) groups is 2. The fourth-order valence-corrected chi connectivity index (χ4v) is 3.75. The quantitative estimate of drug-likeness (QED) is 0.362. The van der Waals surface area contributed by atoms with Crippen LogP contribution in [0, 0.1) is 6.92 Å². The third-order valence-electron chi connectivity index (χ3n) is 4.89. The predicted molar refractivity (Wildman–Crippen MR) is 134 cm³/mol. The van der Waals surface area contributed by atoms with E-state index in [4.69, 9.17) is 23.7 Å². The zero-order valence-electron chi connectivity index (χ0n) is 20.2. The summed E-state index contributed by atoms with van der Waals surface area (Å²) in [6, 6.07) is 10.6. The summed E-state index contributed by atoms with van der Waals surface area (Å²) in [6.07, 6.45) is 0.157. The molecule has 0 fully saturated rings. The number of carbonyl (C=O) groups is 1. The summed E-state index contributed by atoms with van der Waals surface area (Å²) in [7, 11) is 4.25. The Balaban J connectivity index is 2.19. The van der Waals surface area contributed by atoms with E-state index in [9.17, 15) is 9.90 Å². The Labute approximate surface area is 207 Å². The van der Waals surface area contributed by atoms with Gasteiger partial charge >= 0.3 is 6.09 Å². The second-order valence-electron chi connectivity index (χ2n) is 7.21. The topological polar surface area (TPSA) is 129 Å². The second-order valence-corrected chi connectivity index (χ2v) is 8.01. The predicted octanol–water partition coefficient (Wildman–Crippen LogP) is 4.76. The van der Waals surface area contributed by atoms with Gasteiger partial charge in [0.05, 0.1) is 33.1 Å². The normalized spacial score (nSPS) is 12.9. The van der Waals surface area contributed by atoms with Crippen molar-refractivity contribution in [1.82, 2.24) is 10.1 Å². The number of ether oxygens (including phenoxy) is 3. The van der Waals surface area contributed by atoms with Crippen LogP contribution in [0.1, 0.15) is 30.0 Å². The molecule has 0 spiro atoms. The molecule has 0 saturated carbocycles. The first-order valence-corrected chi connectivity index (χ1v) is 11.7. The maximum atomic E-state index is 12.0. The monoisotopic (exact) mass is 498 g/mol. The number of thioether (sulfide) groups is 1. The van der Waals surface area contributed by atoms with E-state index in [0.717, 1.165) is 5.56 Å². The lowest BCUT2D eigenvalue weighted by molar-refractivity contribution is 0.182. The number of rotatable bonds is 7. The number of amides is 1. The van der Waals surface area contributed by atoms with E-state index in [0.29, 0.717) is 50.8 Å². The summed E-state index contributed by atoms with van der Waals surface area (Å²) in [5.41, 5.74) is 2.79. The lowest BCUT2D eigenvalue weighted by atomic mass is 10.0. The van der Waals surface area contributed by atoms with Gasteiger partial charge in [0.15, 0.2) is 11.5 Å². The average Bonchev–Trinajstić information content (AvgIpc) is 3.31. The Morgan fingerprint density at radius 1 is 1.14 bits per heavy atom. The molecule has 0 aliphatic heterocycles. The summed E-state index contributed by atoms with van der Waals surface area (Å²) >= 11 is 1.23. The van der Waals surface area contributed by atoms with Crippen LogP contribution >= 0.6 is 11.8 Å². The summed E-state index contributed by atoms with van der Waals surface area (Å²) in [6.45, 7) is 3.34. The molecule has 1 amide bonds. The molecular formula is C24H26N4O6S. The van der Waals surface area contributed by atoms with Gasteiger partial charge in [0.2, 0.25) is 11.7 Å². The fourth-order valence-electron chi connectivity index (χ4n) is 3.23. The van der Waals surface area contributed by atoms with E-state index < -0.39 is 12.2 Å². The number of hydrogen-bond acceptors (Lipinski definition) is 10. The van der Waals surface area contributed by atoms with Crippen LogP contribution < -0.4 is 9.47 Å². The molecule has 3 rings (SSSR count). The number of methoxy groups -OCH3 is 3. The number of nitrogens with zero attached hydrogens (tertiary/aromatic N) is 4. The standard InChI is InChI=1S/C24H26N4O6S/c1-13(29)18-11-16(12-19(31-3)21(18)32-4)20(23(35-6)27-24(30)33-5)26-17-9-7-15(8-10-17)22-25-14(2)34-28-22/h7-13,29H,1-6H3/b26-20+,27-23-. The first kappa shape index (κ1) is 25.9. The van der Waals surface area contributed by atoms with Crippen LogP contribution in [0.5, 0.6) is 11.5 Å². The van der Waals surface area contributed by atoms with E-state index in [1.54, 1.807) is 44.4 Å². The van der Waals surface area contributed by atoms with Gasteiger partial charge in [-0.3, -0.25) is 0 Å². The van der Waals surface area contributed by atoms with Crippen LogP contribution in [-0.4, -0.2) is 59.7 Å². The van der Waals surface area contributed by atoms with E-state index in [1.807, 2.05) is 12.1 Å². The Morgan fingerprint density at radius 2 is 1.86 bits per heavy atom. The molecule has 10 nitrogen and oxygen atoms in total. The molecule has 0 aliphatic rings. The average molecular weight is 499 g/mol. The number of aliphatic hydroxyl groups is 1. The minimum absolute atomic E-state index is 0.318. The number of aryl methyl sites for hydroxylation is 1. The Kier molecular flexibility index (Phi) is 8.61. The molecule has 0 bridgehead atoms. The molecule has 2 aromatic carbocycles. The minimum Gasteiger partial charge on any atom is -0.493 e. The van der Waals surface area contributed by atoms with Crippen LogP contribution in [0.25, 0.3) is 11.4 Å². The fraction of sp³-hybridized carbons (Fsp3) is 0.292. The highest BCUT2D eigenvalue weighted by molar-refractivity contribution is 8.15. The number of aromatic nitrogens is 2. The summed E-state index contributed by atoms with van der Waals surface area (Å²) in [4.78, 5) is 25.0. The highest BCUT2D eigenvalue weighted by Gasteiger charge is 2.21. The van der Waals surface area contributed by atoms with Gasteiger partial charge in [-0.05, 0) is 49.6 Å². The third-order valence-corrected chi connectivity index (χ3v) is 5.56. The van der Waals surface area contributed by atoms with Gasteiger partial charge in [0.25, 0.3) is 0 Å². The Morgan fingerprint density at radius 3 is 2.37 bits per heavy atom. The molecule has 1 unspecified atom stereocenters. The molecule has 1 atom stereocenters. The van der Waals surface area contributed by atoms with E-state index in [1.165, 1.54) is 33.1 Å². The molecule has 1 aromatic heterocycles. The van der Waals surface area contributed by atoms with Crippen molar-refractivity contribution in [2.45, 2.75) is 20.0 Å². The van der Waals surface area contributed by atoms with Crippen molar-refractivity contribution in [2.24, 2.45) is 9.98 Å². The maximum Gasteiger partial charge on any atom is 0.434 e. The summed E-state index contributed by atoms with van der Waals surface area (Å²) in [5.74, 6) is 1.74. The Hall–Kier alpha value is -3.70. The van der Waals surface area contributed by atoms with E-state index in [2.05, 4.69) is 15.1 Å². The van der Waals surface area contributed by atoms with Gasteiger partial charge in [-0.1, -0.05) is 5.16 Å². The van der Waals surface area contributed by atoms with Crippen molar-refractivity contribution >= 4 is 34.3 Å². The molecule has 11 heteroatoms. The third kappa shape index (κ3) is 6.06. The van der Waals surface area contributed by atoms with Gasteiger partial charge < -0.3 is 23.8 Å². The summed E-state index contributed by atoms with van der Waals surface area (Å²) in [5, 5.41) is 14.6. The zero-order chi connectivity index (χ0) is 25.5. The first-order valence-electron chi connectivity index (χ1n) is 10.5. The highest BCUT2D eigenvalue weighted by atomic mass is 32.2.